The van der Waals surface area contributed by atoms with Gasteiger partial charge in [-0.25, -0.2) is 0 Å². The van der Waals surface area contributed by atoms with E-state index in [1.165, 1.54) is 0 Å². The minimum absolute atomic E-state index is 0.0201. The molecular weight excluding hydrogens is 288 g/mol. The molecule has 120 valence electrons. The average Bonchev–Trinajstić information content (AvgIpc) is 2.62. The topological polar surface area (TPSA) is 50.4 Å². The van der Waals surface area contributed by atoms with E-state index >= 15 is 0 Å². The number of hydrogen-bond donors (Lipinski definition) is 2. The maximum atomic E-state index is 12.2. The summed E-state index contributed by atoms with van der Waals surface area (Å²) < 4.78 is 5.74. The van der Waals surface area contributed by atoms with Gasteiger partial charge in [0.2, 0.25) is 0 Å². The first-order valence-electron chi connectivity index (χ1n) is 8.09. The highest BCUT2D eigenvalue weighted by Gasteiger charge is 2.16. The van der Waals surface area contributed by atoms with Gasteiger partial charge >= 0.3 is 0 Å². The number of benzene rings is 2. The van der Waals surface area contributed by atoms with Crippen LogP contribution in [0.4, 0.5) is 0 Å². The molecule has 0 unspecified atom stereocenters. The first-order valence-corrected chi connectivity index (χ1v) is 8.09. The van der Waals surface area contributed by atoms with Crippen molar-refractivity contribution < 1.29 is 9.53 Å². The molecule has 1 fully saturated rings. The highest BCUT2D eigenvalue weighted by atomic mass is 16.5. The molecule has 2 aromatic carbocycles. The summed E-state index contributed by atoms with van der Waals surface area (Å²) in [6, 6.07) is 17.6. The summed E-state index contributed by atoms with van der Waals surface area (Å²) in [6.45, 7) is 2.42. The number of hydrogen-bond acceptors (Lipinski definition) is 3. The number of piperidine rings is 1. The van der Waals surface area contributed by atoms with Gasteiger partial charge in [-0.2, -0.15) is 0 Å². The third kappa shape index (κ3) is 4.57. The molecule has 23 heavy (non-hydrogen) atoms. The summed E-state index contributed by atoms with van der Waals surface area (Å²) in [5, 5.41) is 6.37. The van der Waals surface area contributed by atoms with Crippen LogP contribution in [0.5, 0.6) is 5.75 Å². The second-order valence-electron chi connectivity index (χ2n) is 5.82. The van der Waals surface area contributed by atoms with Crippen LogP contribution in [0.15, 0.2) is 54.6 Å². The van der Waals surface area contributed by atoms with E-state index in [0.717, 1.165) is 37.2 Å². The van der Waals surface area contributed by atoms with Crippen molar-refractivity contribution in [1.29, 1.82) is 0 Å². The molecule has 1 atom stereocenters. The van der Waals surface area contributed by atoms with Crippen LogP contribution < -0.4 is 15.4 Å². The summed E-state index contributed by atoms with van der Waals surface area (Å²) >= 11 is 0. The fourth-order valence-corrected chi connectivity index (χ4v) is 2.69. The van der Waals surface area contributed by atoms with Gasteiger partial charge in [0.25, 0.3) is 5.91 Å². The van der Waals surface area contributed by atoms with Crippen molar-refractivity contribution in [3.05, 3.63) is 65.7 Å². The number of nitrogens with one attached hydrogen (secondary N) is 2. The van der Waals surface area contributed by atoms with Crippen molar-refractivity contribution >= 4 is 5.91 Å². The van der Waals surface area contributed by atoms with Crippen LogP contribution in [0.2, 0.25) is 0 Å². The van der Waals surface area contributed by atoms with Gasteiger partial charge < -0.3 is 15.4 Å². The summed E-state index contributed by atoms with van der Waals surface area (Å²) in [7, 11) is 0. The Kier molecular flexibility index (Phi) is 5.27. The van der Waals surface area contributed by atoms with Crippen molar-refractivity contribution in [3.8, 4) is 5.75 Å². The molecule has 3 rings (SSSR count). The minimum atomic E-state index is -0.0201. The molecule has 0 saturated carbocycles. The zero-order valence-corrected chi connectivity index (χ0v) is 13.1. The lowest BCUT2D eigenvalue weighted by Crippen LogP contribution is -2.45. The average molecular weight is 310 g/mol. The van der Waals surface area contributed by atoms with E-state index in [9.17, 15) is 4.79 Å². The highest BCUT2D eigenvalue weighted by molar-refractivity contribution is 5.94. The quantitative estimate of drug-likeness (QED) is 0.893. The van der Waals surface area contributed by atoms with Gasteiger partial charge in [-0.3, -0.25) is 4.79 Å². The number of rotatable bonds is 5. The van der Waals surface area contributed by atoms with Gasteiger partial charge in [0.1, 0.15) is 12.4 Å². The molecule has 1 aliphatic heterocycles. The highest BCUT2D eigenvalue weighted by Crippen LogP contribution is 2.14. The summed E-state index contributed by atoms with van der Waals surface area (Å²) in [5.74, 6) is 0.748. The van der Waals surface area contributed by atoms with E-state index < -0.39 is 0 Å². The van der Waals surface area contributed by atoms with Crippen LogP contribution in [0.3, 0.4) is 0 Å². The smallest absolute Gasteiger partial charge is 0.251 e. The van der Waals surface area contributed by atoms with Crippen molar-refractivity contribution in [1.82, 2.24) is 10.6 Å². The molecule has 2 N–H and O–H groups in total. The Labute approximate surface area is 136 Å². The van der Waals surface area contributed by atoms with Gasteiger partial charge in [0.15, 0.2) is 0 Å². The van der Waals surface area contributed by atoms with Gasteiger partial charge in [0, 0.05) is 18.2 Å². The molecule has 1 saturated heterocycles. The molecule has 0 aliphatic carbocycles. The summed E-state index contributed by atoms with van der Waals surface area (Å²) in [4.78, 5) is 12.2. The standard InChI is InChI=1S/C19H22N2O2/c22-19(21-17-7-4-12-20-13-17)16-8-10-18(11-9-16)23-14-15-5-2-1-3-6-15/h1-3,5-6,8-11,17,20H,4,7,12-14H2,(H,21,22)/t17-/m1/s1. The van der Waals surface area contributed by atoms with Crippen LogP contribution in [0, 0.1) is 0 Å². The lowest BCUT2D eigenvalue weighted by molar-refractivity contribution is 0.0930. The fraction of sp³-hybridized carbons (Fsp3) is 0.316. The third-order valence-electron chi connectivity index (χ3n) is 4.00. The van der Waals surface area contributed by atoms with Crippen LogP contribution in [-0.2, 0) is 6.61 Å². The Morgan fingerprint density at radius 2 is 1.91 bits per heavy atom. The first kappa shape index (κ1) is 15.6. The number of ether oxygens (including phenoxy) is 1. The van der Waals surface area contributed by atoms with Crippen LogP contribution in [0.1, 0.15) is 28.8 Å². The van der Waals surface area contributed by atoms with E-state index in [1.807, 2.05) is 54.6 Å². The SMILES string of the molecule is O=C(N[C@@H]1CCCNC1)c1ccc(OCc2ccccc2)cc1. The fourth-order valence-electron chi connectivity index (χ4n) is 2.69. The van der Waals surface area contributed by atoms with E-state index in [1.54, 1.807) is 0 Å². The Morgan fingerprint density at radius 3 is 2.61 bits per heavy atom. The molecule has 0 spiro atoms. The molecule has 1 aliphatic rings. The Balaban J connectivity index is 1.52. The van der Waals surface area contributed by atoms with Crippen molar-refractivity contribution in [3.63, 3.8) is 0 Å². The van der Waals surface area contributed by atoms with E-state index in [2.05, 4.69) is 10.6 Å². The predicted octanol–water partition coefficient (Wildman–Crippen LogP) is 2.75. The zero-order chi connectivity index (χ0) is 15.9. The summed E-state index contributed by atoms with van der Waals surface area (Å²) in [5.41, 5.74) is 1.79. The molecule has 1 amide bonds. The number of amides is 1. The van der Waals surface area contributed by atoms with Gasteiger partial charge in [-0.15, -0.1) is 0 Å². The Morgan fingerprint density at radius 1 is 1.13 bits per heavy atom. The second-order valence-corrected chi connectivity index (χ2v) is 5.82. The Hall–Kier alpha value is -2.33. The zero-order valence-electron chi connectivity index (χ0n) is 13.1. The predicted molar refractivity (Wildman–Crippen MR) is 90.6 cm³/mol. The first-order chi connectivity index (χ1) is 11.3. The van der Waals surface area contributed by atoms with Gasteiger partial charge in [-0.1, -0.05) is 30.3 Å². The van der Waals surface area contributed by atoms with Gasteiger partial charge in [-0.05, 0) is 49.2 Å². The second kappa shape index (κ2) is 7.79. The molecule has 0 bridgehead atoms. The Bertz CT molecular complexity index is 620. The van der Waals surface area contributed by atoms with Crippen LogP contribution in [-0.4, -0.2) is 25.0 Å². The van der Waals surface area contributed by atoms with Crippen LogP contribution >= 0.6 is 0 Å². The molecular formula is C19H22N2O2. The van der Waals surface area contributed by atoms with E-state index in [0.29, 0.717) is 12.2 Å². The normalized spacial score (nSPS) is 17.5. The van der Waals surface area contributed by atoms with E-state index in [-0.39, 0.29) is 11.9 Å². The third-order valence-corrected chi connectivity index (χ3v) is 4.00. The maximum absolute atomic E-state index is 12.2. The molecule has 0 radical (unpaired) electrons. The molecule has 4 heteroatoms. The van der Waals surface area contributed by atoms with Gasteiger partial charge in [0.05, 0.1) is 0 Å². The lowest BCUT2D eigenvalue weighted by atomic mass is 10.1. The van der Waals surface area contributed by atoms with Crippen molar-refractivity contribution in [2.45, 2.75) is 25.5 Å². The lowest BCUT2D eigenvalue weighted by Gasteiger charge is -2.23. The maximum Gasteiger partial charge on any atom is 0.251 e. The number of carbonyl (C=O) groups excluding carboxylic acids is 1. The van der Waals surface area contributed by atoms with E-state index in [4.69, 9.17) is 4.74 Å². The molecule has 1 heterocycles. The largest absolute Gasteiger partial charge is 0.489 e. The minimum Gasteiger partial charge on any atom is -0.489 e. The summed E-state index contributed by atoms with van der Waals surface area (Å²) in [6.07, 6.45) is 2.15. The molecule has 0 aromatic heterocycles. The number of carbonyl (C=O) groups is 1. The van der Waals surface area contributed by atoms with Crippen LogP contribution in [0.25, 0.3) is 0 Å². The van der Waals surface area contributed by atoms with Crippen molar-refractivity contribution in [2.75, 3.05) is 13.1 Å². The monoisotopic (exact) mass is 310 g/mol. The molecule has 4 nitrogen and oxygen atoms in total. The van der Waals surface area contributed by atoms with Crippen molar-refractivity contribution in [2.24, 2.45) is 0 Å². The molecule has 2 aromatic rings.